The van der Waals surface area contributed by atoms with Crippen LogP contribution in [-0.4, -0.2) is 79.5 Å². The van der Waals surface area contributed by atoms with E-state index in [4.69, 9.17) is 39.2 Å². The van der Waals surface area contributed by atoms with Gasteiger partial charge in [0.15, 0.2) is 5.82 Å². The van der Waals surface area contributed by atoms with Crippen LogP contribution < -0.4 is 5.32 Å². The summed E-state index contributed by atoms with van der Waals surface area (Å²) in [6.07, 6.45) is 0. The molecule has 2 aromatic heterocycles. The Morgan fingerprint density at radius 3 is 1.79 bits per heavy atom. The molecule has 12 nitrogen and oxygen atoms in total. The molecule has 0 saturated heterocycles. The first-order valence-electron chi connectivity index (χ1n) is 19.1. The quantitative estimate of drug-likeness (QED) is 0.0225. The van der Waals surface area contributed by atoms with E-state index in [1.54, 1.807) is 0 Å². The summed E-state index contributed by atoms with van der Waals surface area (Å²) in [6.45, 7) is 10.9. The number of azide groups is 1. The summed E-state index contributed by atoms with van der Waals surface area (Å²) >= 11 is 0. The monoisotopic (exact) mass is 757 g/mol. The smallest absolute Gasteiger partial charge is 0.156 e. The molecule has 56 heavy (non-hydrogen) atoms. The predicted octanol–water partition coefficient (Wildman–Crippen LogP) is 8.68. The van der Waals surface area contributed by atoms with Gasteiger partial charge in [0.1, 0.15) is 23.5 Å². The van der Waals surface area contributed by atoms with Crippen molar-refractivity contribution in [2.45, 2.75) is 45.1 Å². The summed E-state index contributed by atoms with van der Waals surface area (Å²) in [5, 5.41) is 8.44. The fraction of sp³-hybridized carbons (Fsp3) is 0.364. The zero-order valence-electron chi connectivity index (χ0n) is 32.5. The second-order valence-electron chi connectivity index (χ2n) is 13.8. The predicted molar refractivity (Wildman–Crippen MR) is 220 cm³/mol. The summed E-state index contributed by atoms with van der Waals surface area (Å²) < 4.78 is 31.4. The van der Waals surface area contributed by atoms with Gasteiger partial charge in [-0.2, -0.15) is 0 Å². The first-order valence-corrected chi connectivity index (χ1v) is 19.1. The van der Waals surface area contributed by atoms with Gasteiger partial charge in [0.2, 0.25) is 0 Å². The van der Waals surface area contributed by atoms with Crippen molar-refractivity contribution >= 4 is 27.8 Å². The van der Waals surface area contributed by atoms with Gasteiger partial charge in [0.25, 0.3) is 0 Å². The molecular weight excluding hydrogens is 707 g/mol. The van der Waals surface area contributed by atoms with E-state index < -0.39 is 11.1 Å². The topological polar surface area (TPSA) is 138 Å². The Morgan fingerprint density at radius 2 is 1.21 bits per heavy atom. The highest BCUT2D eigenvalue weighted by Gasteiger charge is 2.38. The van der Waals surface area contributed by atoms with Crippen LogP contribution in [0, 0.1) is 0 Å². The minimum absolute atomic E-state index is 0.311. The third-order valence-electron chi connectivity index (χ3n) is 9.43. The van der Waals surface area contributed by atoms with Crippen LogP contribution in [0.3, 0.4) is 0 Å². The standard InChI is InChI=1S/C44H51N7O5/c1-4-52-32-39-48-40-41(51(39)33-43(2,3)56-31-30-55-29-28-54-27-26-53-25-24-46-50-45)37-22-14-15-23-38(37)47-42(40)49-44(34-16-8-5-9-17-34,35-18-10-6-11-19-35)36-20-12-7-13-21-36/h5-23H,4,24-33H2,1-3H3,(H,47,49). The van der Waals surface area contributed by atoms with Crippen molar-refractivity contribution in [3.8, 4) is 0 Å². The number of benzene rings is 4. The van der Waals surface area contributed by atoms with Crippen molar-refractivity contribution in [1.29, 1.82) is 0 Å². The average molecular weight is 758 g/mol. The van der Waals surface area contributed by atoms with E-state index in [1.807, 2.05) is 37.3 Å². The van der Waals surface area contributed by atoms with Crippen LogP contribution in [-0.2, 0) is 42.4 Å². The molecule has 0 amide bonds. The lowest BCUT2D eigenvalue weighted by atomic mass is 9.77. The van der Waals surface area contributed by atoms with Crippen LogP contribution in [0.4, 0.5) is 5.82 Å². The molecule has 292 valence electrons. The highest BCUT2D eigenvalue weighted by atomic mass is 16.6. The SMILES string of the molecule is CCOCc1nc2c(NC(c3ccccc3)(c3ccccc3)c3ccccc3)nc3ccccc3c2n1CC(C)(C)OCCOCCOCCOCCN=[N+]=[N-]. The van der Waals surface area contributed by atoms with Gasteiger partial charge in [0.05, 0.1) is 69.4 Å². The molecule has 6 rings (SSSR count). The lowest BCUT2D eigenvalue weighted by Crippen LogP contribution is -2.38. The number of para-hydroxylation sites is 1. The molecule has 6 aromatic rings. The normalized spacial score (nSPS) is 11.9. The number of ether oxygens (including phenoxy) is 5. The van der Waals surface area contributed by atoms with Gasteiger partial charge < -0.3 is 33.6 Å². The molecule has 0 aliphatic rings. The van der Waals surface area contributed by atoms with Gasteiger partial charge in [-0.25, -0.2) is 9.97 Å². The molecule has 0 spiro atoms. The van der Waals surface area contributed by atoms with Gasteiger partial charge >= 0.3 is 0 Å². The van der Waals surface area contributed by atoms with Crippen molar-refractivity contribution in [1.82, 2.24) is 14.5 Å². The Kier molecular flexibility index (Phi) is 14.4. The zero-order chi connectivity index (χ0) is 39.1. The highest BCUT2D eigenvalue weighted by Crippen LogP contribution is 2.42. The van der Waals surface area contributed by atoms with Crippen molar-refractivity contribution in [2.75, 3.05) is 64.7 Å². The molecule has 12 heteroatoms. The molecule has 0 saturated carbocycles. The second kappa shape index (κ2) is 20.0. The number of pyridine rings is 1. The largest absolute Gasteiger partial charge is 0.379 e. The Balaban J connectivity index is 1.29. The molecule has 0 aliphatic carbocycles. The molecule has 4 aromatic carbocycles. The van der Waals surface area contributed by atoms with E-state index in [-0.39, 0.29) is 0 Å². The molecule has 0 unspecified atom stereocenters. The zero-order valence-corrected chi connectivity index (χ0v) is 32.5. The molecule has 0 radical (unpaired) electrons. The van der Waals surface area contributed by atoms with Crippen molar-refractivity contribution in [2.24, 2.45) is 5.11 Å². The van der Waals surface area contributed by atoms with Gasteiger partial charge in [-0.05, 0) is 49.1 Å². The summed E-state index contributed by atoms with van der Waals surface area (Å²) in [4.78, 5) is 13.3. The molecule has 0 atom stereocenters. The number of anilines is 1. The molecular formula is C44H51N7O5. The fourth-order valence-electron chi connectivity index (χ4n) is 6.90. The number of aromatic nitrogens is 3. The summed E-state index contributed by atoms with van der Waals surface area (Å²) in [7, 11) is 0. The third kappa shape index (κ3) is 9.90. The van der Waals surface area contributed by atoms with Crippen LogP contribution in [0.25, 0.3) is 32.4 Å². The maximum atomic E-state index is 8.32. The highest BCUT2D eigenvalue weighted by molar-refractivity contribution is 6.07. The van der Waals surface area contributed by atoms with E-state index in [1.165, 1.54) is 0 Å². The number of hydrogen-bond donors (Lipinski definition) is 1. The summed E-state index contributed by atoms with van der Waals surface area (Å²) in [5.74, 6) is 1.46. The van der Waals surface area contributed by atoms with Gasteiger partial charge in [-0.15, -0.1) is 0 Å². The number of nitrogens with zero attached hydrogens (tertiary/aromatic N) is 6. The molecule has 0 fully saturated rings. The van der Waals surface area contributed by atoms with Crippen LogP contribution in [0.15, 0.2) is 120 Å². The Bertz CT molecular complexity index is 2060. The van der Waals surface area contributed by atoms with E-state index in [2.05, 4.69) is 119 Å². The number of nitrogens with one attached hydrogen (secondary N) is 1. The lowest BCUT2D eigenvalue weighted by Gasteiger charge is -2.37. The Labute approximate surface area is 328 Å². The first-order chi connectivity index (χ1) is 27.5. The van der Waals surface area contributed by atoms with Crippen LogP contribution in [0.5, 0.6) is 0 Å². The van der Waals surface area contributed by atoms with Gasteiger partial charge in [-0.1, -0.05) is 114 Å². The summed E-state index contributed by atoms with van der Waals surface area (Å²) in [6, 6.07) is 39.8. The van der Waals surface area contributed by atoms with Crippen molar-refractivity contribution < 1.29 is 23.7 Å². The molecule has 2 heterocycles. The maximum Gasteiger partial charge on any atom is 0.156 e. The van der Waals surface area contributed by atoms with Crippen LogP contribution in [0.1, 0.15) is 43.3 Å². The van der Waals surface area contributed by atoms with E-state index in [0.717, 1.165) is 44.5 Å². The first kappa shape index (κ1) is 40.3. The average Bonchev–Trinajstić information content (AvgIpc) is 3.59. The lowest BCUT2D eigenvalue weighted by molar-refractivity contribution is -0.0614. The van der Waals surface area contributed by atoms with E-state index in [9.17, 15) is 0 Å². The molecule has 0 bridgehead atoms. The Morgan fingerprint density at radius 1 is 0.679 bits per heavy atom. The minimum atomic E-state index is -0.800. The second-order valence-corrected chi connectivity index (χ2v) is 13.8. The maximum absolute atomic E-state index is 8.32. The molecule has 0 aliphatic heterocycles. The fourth-order valence-corrected chi connectivity index (χ4v) is 6.90. The van der Waals surface area contributed by atoms with E-state index in [0.29, 0.717) is 78.4 Å². The van der Waals surface area contributed by atoms with Gasteiger partial charge in [-0.3, -0.25) is 0 Å². The van der Waals surface area contributed by atoms with Crippen LogP contribution in [0.2, 0.25) is 0 Å². The number of hydrogen-bond acceptors (Lipinski definition) is 9. The summed E-state index contributed by atoms with van der Waals surface area (Å²) in [5.41, 5.74) is 12.7. The Hall–Kier alpha value is -5.33. The van der Waals surface area contributed by atoms with Crippen molar-refractivity contribution in [3.05, 3.63) is 148 Å². The minimum Gasteiger partial charge on any atom is -0.379 e. The number of imidazole rings is 1. The van der Waals surface area contributed by atoms with E-state index >= 15 is 0 Å². The molecule has 1 N–H and O–H groups in total. The number of rotatable bonds is 23. The van der Waals surface area contributed by atoms with Gasteiger partial charge in [0, 0.05) is 23.4 Å². The third-order valence-corrected chi connectivity index (χ3v) is 9.43. The van der Waals surface area contributed by atoms with Crippen molar-refractivity contribution in [3.63, 3.8) is 0 Å². The van der Waals surface area contributed by atoms with Crippen LogP contribution >= 0.6 is 0 Å². The number of fused-ring (bicyclic) bond motifs is 3.